The summed E-state index contributed by atoms with van der Waals surface area (Å²) in [7, 11) is 0. The summed E-state index contributed by atoms with van der Waals surface area (Å²) < 4.78 is 4.96. The normalized spacial score (nSPS) is 10.9. The SMILES string of the molecule is C=C(CCC(=O)OCC(C)(C)C)C(=O)O. The summed E-state index contributed by atoms with van der Waals surface area (Å²) in [6, 6.07) is 0. The Morgan fingerprint density at radius 2 is 1.80 bits per heavy atom. The maximum atomic E-state index is 11.2. The van der Waals surface area contributed by atoms with Crippen LogP contribution in [0.15, 0.2) is 12.2 Å². The molecule has 0 unspecified atom stereocenters. The number of rotatable bonds is 5. The molecule has 0 radical (unpaired) electrons. The van der Waals surface area contributed by atoms with E-state index in [1.165, 1.54) is 0 Å². The van der Waals surface area contributed by atoms with E-state index in [1.54, 1.807) is 0 Å². The summed E-state index contributed by atoms with van der Waals surface area (Å²) in [5, 5.41) is 8.50. The first-order valence-corrected chi connectivity index (χ1v) is 4.79. The number of hydrogen-bond acceptors (Lipinski definition) is 3. The van der Waals surface area contributed by atoms with Crippen LogP contribution in [0.4, 0.5) is 0 Å². The van der Waals surface area contributed by atoms with E-state index >= 15 is 0 Å². The van der Waals surface area contributed by atoms with Crippen LogP contribution in [-0.4, -0.2) is 23.7 Å². The van der Waals surface area contributed by atoms with Gasteiger partial charge in [-0.1, -0.05) is 27.4 Å². The molecule has 0 amide bonds. The molecule has 0 saturated heterocycles. The number of carboxylic acids is 1. The topological polar surface area (TPSA) is 63.6 Å². The van der Waals surface area contributed by atoms with Crippen LogP contribution in [-0.2, 0) is 14.3 Å². The molecule has 0 saturated carbocycles. The number of aliphatic carboxylic acids is 1. The third-order valence-electron chi connectivity index (χ3n) is 1.60. The van der Waals surface area contributed by atoms with Crippen LogP contribution < -0.4 is 0 Å². The monoisotopic (exact) mass is 214 g/mol. The molecular formula is C11H18O4. The van der Waals surface area contributed by atoms with Gasteiger partial charge in [0, 0.05) is 12.0 Å². The van der Waals surface area contributed by atoms with Gasteiger partial charge in [0.25, 0.3) is 0 Å². The number of carbonyl (C=O) groups excluding carboxylic acids is 1. The molecule has 0 atom stereocenters. The van der Waals surface area contributed by atoms with E-state index in [9.17, 15) is 9.59 Å². The fraction of sp³-hybridized carbons (Fsp3) is 0.636. The highest BCUT2D eigenvalue weighted by Gasteiger charge is 2.14. The Morgan fingerprint density at radius 1 is 1.27 bits per heavy atom. The van der Waals surface area contributed by atoms with Gasteiger partial charge in [0.2, 0.25) is 0 Å². The molecule has 86 valence electrons. The highest BCUT2D eigenvalue weighted by Crippen LogP contribution is 2.14. The molecule has 4 heteroatoms. The Hall–Kier alpha value is -1.32. The zero-order chi connectivity index (χ0) is 12.1. The van der Waals surface area contributed by atoms with Crippen LogP contribution in [0.2, 0.25) is 0 Å². The van der Waals surface area contributed by atoms with Crippen molar-refractivity contribution in [2.24, 2.45) is 5.41 Å². The summed E-state index contributed by atoms with van der Waals surface area (Å²) in [6.07, 6.45) is 0.208. The van der Waals surface area contributed by atoms with E-state index in [2.05, 4.69) is 6.58 Å². The highest BCUT2D eigenvalue weighted by molar-refractivity contribution is 5.86. The second kappa shape index (κ2) is 5.53. The quantitative estimate of drug-likeness (QED) is 0.561. The number of esters is 1. The van der Waals surface area contributed by atoms with Gasteiger partial charge in [-0.05, 0) is 11.8 Å². The molecule has 1 N–H and O–H groups in total. The van der Waals surface area contributed by atoms with Crippen molar-refractivity contribution < 1.29 is 19.4 Å². The van der Waals surface area contributed by atoms with E-state index in [0.29, 0.717) is 6.61 Å². The molecule has 0 aliphatic rings. The van der Waals surface area contributed by atoms with Gasteiger partial charge in [-0.2, -0.15) is 0 Å². The second-order valence-corrected chi connectivity index (χ2v) is 4.63. The molecule has 0 aromatic rings. The van der Waals surface area contributed by atoms with Crippen molar-refractivity contribution in [2.75, 3.05) is 6.61 Å². The first kappa shape index (κ1) is 13.7. The van der Waals surface area contributed by atoms with Crippen LogP contribution in [0.25, 0.3) is 0 Å². The van der Waals surface area contributed by atoms with Gasteiger partial charge in [-0.3, -0.25) is 4.79 Å². The fourth-order valence-electron chi connectivity index (χ4n) is 0.729. The van der Waals surface area contributed by atoms with Crippen molar-refractivity contribution in [3.63, 3.8) is 0 Å². The zero-order valence-corrected chi connectivity index (χ0v) is 9.50. The smallest absolute Gasteiger partial charge is 0.330 e. The molecule has 0 aromatic carbocycles. The first-order valence-electron chi connectivity index (χ1n) is 4.79. The third kappa shape index (κ3) is 7.73. The molecule has 0 heterocycles. The van der Waals surface area contributed by atoms with Gasteiger partial charge in [0.05, 0.1) is 6.61 Å². The molecule has 0 spiro atoms. The maximum Gasteiger partial charge on any atom is 0.330 e. The van der Waals surface area contributed by atoms with Gasteiger partial charge in [-0.25, -0.2) is 4.79 Å². The fourth-order valence-corrected chi connectivity index (χ4v) is 0.729. The Kier molecular flexibility index (Phi) is 5.05. The van der Waals surface area contributed by atoms with E-state index in [-0.39, 0.29) is 29.8 Å². The Bertz CT molecular complexity index is 260. The predicted octanol–water partition coefficient (Wildman–Crippen LogP) is 2.00. The molecule has 4 nitrogen and oxygen atoms in total. The van der Waals surface area contributed by atoms with E-state index in [0.717, 1.165) is 0 Å². The minimum absolute atomic E-state index is 0.0303. The summed E-state index contributed by atoms with van der Waals surface area (Å²) in [5.41, 5.74) is -0.0397. The highest BCUT2D eigenvalue weighted by atomic mass is 16.5. The van der Waals surface area contributed by atoms with Gasteiger partial charge in [0.15, 0.2) is 0 Å². The van der Waals surface area contributed by atoms with E-state index in [1.807, 2.05) is 20.8 Å². The van der Waals surface area contributed by atoms with Crippen LogP contribution in [0.5, 0.6) is 0 Å². The van der Waals surface area contributed by atoms with Crippen molar-refractivity contribution in [3.05, 3.63) is 12.2 Å². The number of hydrogen-bond donors (Lipinski definition) is 1. The van der Waals surface area contributed by atoms with Gasteiger partial charge in [0.1, 0.15) is 0 Å². The molecule has 0 fully saturated rings. The minimum atomic E-state index is -1.07. The number of carboxylic acid groups (broad SMARTS) is 1. The van der Waals surface area contributed by atoms with Crippen molar-refractivity contribution in [3.8, 4) is 0 Å². The zero-order valence-electron chi connectivity index (χ0n) is 9.50. The van der Waals surface area contributed by atoms with Crippen LogP contribution >= 0.6 is 0 Å². The maximum absolute atomic E-state index is 11.2. The standard InChI is InChI=1S/C11H18O4/c1-8(10(13)14)5-6-9(12)15-7-11(2,3)4/h1,5-7H2,2-4H3,(H,13,14). The van der Waals surface area contributed by atoms with Crippen molar-refractivity contribution >= 4 is 11.9 Å². The molecule has 0 aliphatic heterocycles. The average Bonchev–Trinajstić information content (AvgIpc) is 2.09. The Morgan fingerprint density at radius 3 is 2.20 bits per heavy atom. The summed E-state index contributed by atoms with van der Waals surface area (Å²) in [4.78, 5) is 21.5. The van der Waals surface area contributed by atoms with Gasteiger partial charge in [-0.15, -0.1) is 0 Å². The number of carbonyl (C=O) groups is 2. The predicted molar refractivity (Wildman–Crippen MR) is 56.4 cm³/mol. The molecule has 0 aromatic heterocycles. The van der Waals surface area contributed by atoms with Crippen molar-refractivity contribution in [1.29, 1.82) is 0 Å². The van der Waals surface area contributed by atoms with Crippen LogP contribution in [0.1, 0.15) is 33.6 Å². The third-order valence-corrected chi connectivity index (χ3v) is 1.60. The lowest BCUT2D eigenvalue weighted by Gasteiger charge is -2.17. The molecule has 0 bridgehead atoms. The van der Waals surface area contributed by atoms with Crippen molar-refractivity contribution in [2.45, 2.75) is 33.6 Å². The lowest BCUT2D eigenvalue weighted by atomic mass is 9.99. The van der Waals surface area contributed by atoms with Crippen LogP contribution in [0.3, 0.4) is 0 Å². The van der Waals surface area contributed by atoms with E-state index < -0.39 is 5.97 Å². The van der Waals surface area contributed by atoms with Gasteiger partial charge >= 0.3 is 11.9 Å². The first-order chi connectivity index (χ1) is 6.72. The average molecular weight is 214 g/mol. The minimum Gasteiger partial charge on any atom is -0.478 e. The summed E-state index contributed by atoms with van der Waals surface area (Å²) in [5.74, 6) is -1.45. The second-order valence-electron chi connectivity index (χ2n) is 4.63. The Labute approximate surface area is 89.9 Å². The largest absolute Gasteiger partial charge is 0.478 e. The lowest BCUT2D eigenvalue weighted by molar-refractivity contribution is -0.146. The number of ether oxygens (including phenoxy) is 1. The van der Waals surface area contributed by atoms with Crippen LogP contribution in [0, 0.1) is 5.41 Å². The Balaban J connectivity index is 3.77. The van der Waals surface area contributed by atoms with E-state index in [4.69, 9.17) is 9.84 Å². The van der Waals surface area contributed by atoms with Gasteiger partial charge < -0.3 is 9.84 Å². The summed E-state index contributed by atoms with van der Waals surface area (Å²) >= 11 is 0. The summed E-state index contributed by atoms with van der Waals surface area (Å²) in [6.45, 7) is 9.53. The van der Waals surface area contributed by atoms with Crippen molar-refractivity contribution in [1.82, 2.24) is 0 Å². The lowest BCUT2D eigenvalue weighted by Crippen LogP contribution is -2.18. The molecule has 0 rings (SSSR count). The molecular weight excluding hydrogens is 196 g/mol. The molecule has 0 aliphatic carbocycles. The molecule has 15 heavy (non-hydrogen) atoms.